The Kier molecular flexibility index (Phi) is 2.56. The highest BCUT2D eigenvalue weighted by atomic mass is 32.1. The summed E-state index contributed by atoms with van der Waals surface area (Å²) < 4.78 is 0. The molecule has 3 rings (SSSR count). The Morgan fingerprint density at radius 2 is 2.00 bits per heavy atom. The molecule has 6 heteroatoms. The Bertz CT molecular complexity index is 710. The summed E-state index contributed by atoms with van der Waals surface area (Å²) in [6.45, 7) is 0. The molecule has 2 heterocycles. The maximum absolute atomic E-state index is 9.89. The van der Waals surface area contributed by atoms with Crippen molar-refractivity contribution >= 4 is 27.4 Å². The number of aromatic nitrogens is 3. The van der Waals surface area contributed by atoms with Crippen molar-refractivity contribution in [1.82, 2.24) is 15.0 Å². The third kappa shape index (κ3) is 1.76. The highest BCUT2D eigenvalue weighted by Gasteiger charge is 2.10. The van der Waals surface area contributed by atoms with Crippen LogP contribution in [-0.4, -0.2) is 27.1 Å². The number of hydrogen-bond acceptors (Lipinski definition) is 6. The van der Waals surface area contributed by atoms with E-state index in [9.17, 15) is 5.11 Å². The van der Waals surface area contributed by atoms with E-state index in [1.165, 1.54) is 11.3 Å². The Morgan fingerprint density at radius 1 is 1.17 bits per heavy atom. The van der Waals surface area contributed by atoms with E-state index < -0.39 is 0 Å². The van der Waals surface area contributed by atoms with E-state index in [-0.39, 0.29) is 5.88 Å². The van der Waals surface area contributed by atoms with Crippen molar-refractivity contribution in [3.8, 4) is 17.4 Å². The fourth-order valence-corrected chi connectivity index (χ4v) is 2.32. The summed E-state index contributed by atoms with van der Waals surface area (Å²) in [5.41, 5.74) is 1.37. The molecule has 0 unspecified atom stereocenters. The van der Waals surface area contributed by atoms with Crippen LogP contribution in [0.4, 0.5) is 5.13 Å². The topological polar surface area (TPSA) is 70.9 Å². The lowest BCUT2D eigenvalue weighted by Crippen LogP contribution is -1.92. The standard InChI is InChI=1S/C12H10N4OS/c1-13-12-15-9(6-18-12)10-14-8-5-3-2-4-7(8)11(17)16-10/h2-6H,1H3,(H,13,15)(H,14,16,17). The monoisotopic (exact) mass is 258 g/mol. The van der Waals surface area contributed by atoms with Crippen LogP contribution in [0, 0.1) is 0 Å². The van der Waals surface area contributed by atoms with Crippen molar-refractivity contribution in [2.24, 2.45) is 0 Å². The van der Waals surface area contributed by atoms with Crippen LogP contribution in [0.2, 0.25) is 0 Å². The van der Waals surface area contributed by atoms with Gasteiger partial charge < -0.3 is 10.4 Å². The van der Waals surface area contributed by atoms with Crippen LogP contribution in [0.1, 0.15) is 0 Å². The van der Waals surface area contributed by atoms with E-state index in [0.717, 1.165) is 5.13 Å². The molecular formula is C12H10N4OS. The van der Waals surface area contributed by atoms with Gasteiger partial charge in [0.2, 0.25) is 5.88 Å². The van der Waals surface area contributed by atoms with E-state index >= 15 is 0 Å². The van der Waals surface area contributed by atoms with Gasteiger partial charge in [-0.05, 0) is 12.1 Å². The van der Waals surface area contributed by atoms with Crippen LogP contribution in [-0.2, 0) is 0 Å². The zero-order chi connectivity index (χ0) is 12.5. The second kappa shape index (κ2) is 4.23. The molecule has 2 aromatic heterocycles. The number of para-hydroxylation sites is 1. The summed E-state index contributed by atoms with van der Waals surface area (Å²) in [6, 6.07) is 7.34. The average molecular weight is 258 g/mol. The Labute approximate surface area is 107 Å². The lowest BCUT2D eigenvalue weighted by atomic mass is 10.2. The first-order valence-electron chi connectivity index (χ1n) is 5.37. The molecule has 2 N–H and O–H groups in total. The van der Waals surface area contributed by atoms with E-state index in [4.69, 9.17) is 0 Å². The largest absolute Gasteiger partial charge is 0.493 e. The molecule has 0 aliphatic rings. The van der Waals surface area contributed by atoms with Crippen molar-refractivity contribution in [3.05, 3.63) is 29.6 Å². The molecule has 0 spiro atoms. The first kappa shape index (κ1) is 10.9. The van der Waals surface area contributed by atoms with E-state index in [2.05, 4.69) is 20.3 Å². The summed E-state index contributed by atoms with van der Waals surface area (Å²) >= 11 is 1.47. The summed E-state index contributed by atoms with van der Waals surface area (Å²) in [5.74, 6) is 0.415. The number of hydrogen-bond donors (Lipinski definition) is 2. The second-order valence-electron chi connectivity index (χ2n) is 3.68. The molecule has 1 aromatic carbocycles. The highest BCUT2D eigenvalue weighted by Crippen LogP contribution is 2.27. The predicted octanol–water partition coefficient (Wildman–Crippen LogP) is 2.50. The Balaban J connectivity index is 2.18. The quantitative estimate of drug-likeness (QED) is 0.739. The molecule has 0 radical (unpaired) electrons. The summed E-state index contributed by atoms with van der Waals surface area (Å²) in [6.07, 6.45) is 0. The molecule has 5 nitrogen and oxygen atoms in total. The smallest absolute Gasteiger partial charge is 0.222 e. The van der Waals surface area contributed by atoms with Crippen LogP contribution >= 0.6 is 11.3 Å². The van der Waals surface area contributed by atoms with E-state index in [1.807, 2.05) is 23.6 Å². The molecule has 0 aliphatic heterocycles. The van der Waals surface area contributed by atoms with Crippen molar-refractivity contribution in [1.29, 1.82) is 0 Å². The van der Waals surface area contributed by atoms with Gasteiger partial charge in [-0.2, -0.15) is 4.98 Å². The molecule has 0 fully saturated rings. The second-order valence-corrected chi connectivity index (χ2v) is 4.53. The van der Waals surface area contributed by atoms with Gasteiger partial charge in [0.1, 0.15) is 5.69 Å². The minimum Gasteiger partial charge on any atom is -0.493 e. The van der Waals surface area contributed by atoms with Gasteiger partial charge in [0.25, 0.3) is 0 Å². The fourth-order valence-electron chi connectivity index (χ4n) is 1.67. The zero-order valence-electron chi connectivity index (χ0n) is 9.58. The first-order valence-corrected chi connectivity index (χ1v) is 6.25. The zero-order valence-corrected chi connectivity index (χ0v) is 10.4. The van der Waals surface area contributed by atoms with Gasteiger partial charge in [-0.1, -0.05) is 12.1 Å². The van der Waals surface area contributed by atoms with Crippen molar-refractivity contribution < 1.29 is 5.11 Å². The summed E-state index contributed by atoms with van der Waals surface area (Å²) in [5, 5.41) is 16.1. The molecule has 0 amide bonds. The number of rotatable bonds is 2. The first-order chi connectivity index (χ1) is 8.78. The normalized spacial score (nSPS) is 10.7. The van der Waals surface area contributed by atoms with Crippen molar-refractivity contribution in [2.75, 3.05) is 12.4 Å². The maximum atomic E-state index is 9.89. The van der Waals surface area contributed by atoms with Crippen molar-refractivity contribution in [3.63, 3.8) is 0 Å². The highest BCUT2D eigenvalue weighted by molar-refractivity contribution is 7.14. The molecule has 0 saturated heterocycles. The van der Waals surface area contributed by atoms with Crippen LogP contribution in [0.15, 0.2) is 29.6 Å². The molecule has 3 aromatic rings. The van der Waals surface area contributed by atoms with Crippen LogP contribution in [0.3, 0.4) is 0 Å². The number of benzene rings is 1. The third-order valence-corrected chi connectivity index (χ3v) is 3.39. The van der Waals surface area contributed by atoms with Gasteiger partial charge >= 0.3 is 0 Å². The van der Waals surface area contributed by atoms with Crippen LogP contribution in [0.25, 0.3) is 22.4 Å². The molecule has 0 atom stereocenters. The average Bonchev–Trinajstić information content (AvgIpc) is 2.87. The number of nitrogens with one attached hydrogen (secondary N) is 1. The molecule has 90 valence electrons. The van der Waals surface area contributed by atoms with Gasteiger partial charge in [0, 0.05) is 12.4 Å². The molecular weight excluding hydrogens is 248 g/mol. The van der Waals surface area contributed by atoms with Gasteiger partial charge in [-0.25, -0.2) is 9.97 Å². The fraction of sp³-hybridized carbons (Fsp3) is 0.0833. The lowest BCUT2D eigenvalue weighted by Gasteiger charge is -2.01. The number of nitrogens with zero attached hydrogens (tertiary/aromatic N) is 3. The minimum absolute atomic E-state index is 0.0189. The minimum atomic E-state index is -0.0189. The summed E-state index contributed by atoms with van der Waals surface area (Å²) in [7, 11) is 1.81. The van der Waals surface area contributed by atoms with Gasteiger partial charge in [-0.3, -0.25) is 0 Å². The lowest BCUT2D eigenvalue weighted by molar-refractivity contribution is 0.460. The van der Waals surface area contributed by atoms with E-state index in [1.54, 1.807) is 13.1 Å². The third-order valence-electron chi connectivity index (χ3n) is 2.53. The predicted molar refractivity (Wildman–Crippen MR) is 71.9 cm³/mol. The number of anilines is 1. The number of aromatic hydroxyl groups is 1. The molecule has 0 aliphatic carbocycles. The SMILES string of the molecule is CNc1nc(-c2nc(O)c3ccccc3n2)cs1. The van der Waals surface area contributed by atoms with Crippen molar-refractivity contribution in [2.45, 2.75) is 0 Å². The molecule has 0 bridgehead atoms. The Morgan fingerprint density at radius 3 is 2.78 bits per heavy atom. The number of thiazole rings is 1. The van der Waals surface area contributed by atoms with Crippen LogP contribution in [0.5, 0.6) is 5.88 Å². The number of fused-ring (bicyclic) bond motifs is 1. The molecule has 0 saturated carbocycles. The van der Waals surface area contributed by atoms with Gasteiger partial charge in [0.05, 0.1) is 10.9 Å². The van der Waals surface area contributed by atoms with E-state index in [0.29, 0.717) is 22.4 Å². The molecule has 18 heavy (non-hydrogen) atoms. The maximum Gasteiger partial charge on any atom is 0.222 e. The van der Waals surface area contributed by atoms with Crippen LogP contribution < -0.4 is 5.32 Å². The summed E-state index contributed by atoms with van der Waals surface area (Å²) in [4.78, 5) is 12.8. The van der Waals surface area contributed by atoms with Gasteiger partial charge in [-0.15, -0.1) is 11.3 Å². The van der Waals surface area contributed by atoms with Gasteiger partial charge in [0.15, 0.2) is 11.0 Å². The Hall–Kier alpha value is -2.21.